The molecule has 2 aromatic rings. The molecule has 96 valence electrons. The lowest BCUT2D eigenvalue weighted by Crippen LogP contribution is -2.22. The van der Waals surface area contributed by atoms with Gasteiger partial charge in [0.25, 0.3) is 0 Å². The fraction of sp³-hybridized carbons (Fsp3) is 0.200. The Bertz CT molecular complexity index is 716. The van der Waals surface area contributed by atoms with E-state index in [4.69, 9.17) is 23.2 Å². The Hall–Kier alpha value is -0.950. The fourth-order valence-corrected chi connectivity index (χ4v) is 2.79. The van der Waals surface area contributed by atoms with Crippen LogP contribution in [-0.4, -0.2) is 36.8 Å². The zero-order valence-corrected chi connectivity index (χ0v) is 11.9. The molecule has 0 aliphatic heterocycles. The molecule has 1 aromatic heterocycles. The van der Waals surface area contributed by atoms with Gasteiger partial charge < -0.3 is 0 Å². The first-order valence-electron chi connectivity index (χ1n) is 4.87. The maximum absolute atomic E-state index is 12.0. The summed E-state index contributed by atoms with van der Waals surface area (Å²) in [7, 11) is -0.593. The van der Waals surface area contributed by atoms with Gasteiger partial charge in [-0.25, -0.2) is 22.7 Å². The van der Waals surface area contributed by atoms with Crippen molar-refractivity contribution in [2.24, 2.45) is 0 Å². The van der Waals surface area contributed by atoms with Crippen LogP contribution in [0.1, 0.15) is 0 Å². The summed E-state index contributed by atoms with van der Waals surface area (Å²) in [5.41, 5.74) is 0.498. The number of nitrogens with zero attached hydrogens (tertiary/aromatic N) is 3. The number of rotatable bonds is 2. The maximum Gasteiger partial charge on any atom is 0.242 e. The van der Waals surface area contributed by atoms with Crippen LogP contribution in [0.25, 0.3) is 10.9 Å². The summed E-state index contributed by atoms with van der Waals surface area (Å²) in [6, 6.07) is 4.44. The molecule has 0 radical (unpaired) electrons. The third-order valence-corrected chi connectivity index (χ3v) is 4.64. The van der Waals surface area contributed by atoms with Crippen LogP contribution in [0.3, 0.4) is 0 Å². The first-order valence-corrected chi connectivity index (χ1v) is 7.07. The molecule has 0 bridgehead atoms. The van der Waals surface area contributed by atoms with E-state index in [2.05, 4.69) is 9.97 Å². The Kier molecular flexibility index (Phi) is 3.46. The highest BCUT2D eigenvalue weighted by Gasteiger charge is 2.18. The van der Waals surface area contributed by atoms with Crippen LogP contribution >= 0.6 is 23.2 Å². The lowest BCUT2D eigenvalue weighted by atomic mass is 10.2. The topological polar surface area (TPSA) is 63.2 Å². The summed E-state index contributed by atoms with van der Waals surface area (Å²) in [5, 5.41) is 0.598. The third kappa shape index (κ3) is 2.29. The smallest absolute Gasteiger partial charge is 0.218 e. The van der Waals surface area contributed by atoms with Gasteiger partial charge in [0.2, 0.25) is 15.3 Å². The Balaban J connectivity index is 2.73. The quantitative estimate of drug-likeness (QED) is 0.630. The van der Waals surface area contributed by atoms with Crippen molar-refractivity contribution in [3.05, 3.63) is 28.6 Å². The number of halogens is 2. The lowest BCUT2D eigenvalue weighted by Gasteiger charge is -2.11. The molecular formula is C10H9Cl2N3O2S. The maximum atomic E-state index is 12.0. The summed E-state index contributed by atoms with van der Waals surface area (Å²) < 4.78 is 25.1. The first kappa shape index (κ1) is 13.5. The van der Waals surface area contributed by atoms with Crippen LogP contribution in [0.15, 0.2) is 23.1 Å². The molecule has 18 heavy (non-hydrogen) atoms. The number of fused-ring (bicyclic) bond motifs is 1. The minimum Gasteiger partial charge on any atom is -0.218 e. The fourth-order valence-electron chi connectivity index (χ4n) is 1.41. The summed E-state index contributed by atoms with van der Waals surface area (Å²) in [4.78, 5) is 7.88. The van der Waals surface area contributed by atoms with Gasteiger partial charge >= 0.3 is 0 Å². The van der Waals surface area contributed by atoms with Crippen molar-refractivity contribution in [1.29, 1.82) is 0 Å². The van der Waals surface area contributed by atoms with E-state index in [1.807, 2.05) is 0 Å². The van der Waals surface area contributed by atoms with Crippen LogP contribution in [0.2, 0.25) is 10.4 Å². The molecule has 1 heterocycles. The Labute approximate surface area is 114 Å². The van der Waals surface area contributed by atoms with E-state index in [-0.39, 0.29) is 15.3 Å². The molecule has 0 unspecified atom stereocenters. The molecule has 0 fully saturated rings. The zero-order valence-electron chi connectivity index (χ0n) is 9.55. The van der Waals surface area contributed by atoms with Crippen molar-refractivity contribution in [3.8, 4) is 0 Å². The Morgan fingerprint density at radius 3 is 2.44 bits per heavy atom. The molecule has 5 nitrogen and oxygen atoms in total. The second kappa shape index (κ2) is 4.62. The summed E-state index contributed by atoms with van der Waals surface area (Å²) in [5.74, 6) is 0. The molecule has 8 heteroatoms. The van der Waals surface area contributed by atoms with E-state index < -0.39 is 10.0 Å². The Morgan fingerprint density at radius 1 is 1.17 bits per heavy atom. The number of hydrogen-bond donors (Lipinski definition) is 0. The number of benzene rings is 1. The van der Waals surface area contributed by atoms with E-state index in [9.17, 15) is 8.42 Å². The van der Waals surface area contributed by atoms with Crippen molar-refractivity contribution in [2.75, 3.05) is 14.1 Å². The van der Waals surface area contributed by atoms with Gasteiger partial charge in [-0.05, 0) is 29.8 Å². The van der Waals surface area contributed by atoms with Crippen LogP contribution in [0, 0.1) is 0 Å². The van der Waals surface area contributed by atoms with E-state index >= 15 is 0 Å². The molecule has 0 saturated carbocycles. The number of hydrogen-bond acceptors (Lipinski definition) is 4. The van der Waals surface area contributed by atoms with Gasteiger partial charge in [-0.1, -0.05) is 11.6 Å². The van der Waals surface area contributed by atoms with Crippen LogP contribution in [0.5, 0.6) is 0 Å². The molecule has 0 spiro atoms. The van der Waals surface area contributed by atoms with Gasteiger partial charge in [0.05, 0.1) is 10.4 Å². The standard InChI is InChI=1S/C10H9Cl2N3O2S/c1-15(2)18(16,17)6-3-4-8-7(5-6)9(11)14-10(12)13-8/h3-5H,1-2H3. The summed E-state index contributed by atoms with van der Waals surface area (Å²) in [6.07, 6.45) is 0. The minimum absolute atomic E-state index is 0.0238. The van der Waals surface area contributed by atoms with Crippen molar-refractivity contribution in [2.45, 2.75) is 4.90 Å². The van der Waals surface area contributed by atoms with Crippen molar-refractivity contribution in [1.82, 2.24) is 14.3 Å². The van der Waals surface area contributed by atoms with Crippen molar-refractivity contribution >= 4 is 44.1 Å². The monoisotopic (exact) mass is 305 g/mol. The highest BCUT2D eigenvalue weighted by atomic mass is 35.5. The van der Waals surface area contributed by atoms with Crippen LogP contribution in [0.4, 0.5) is 0 Å². The molecule has 0 atom stereocenters. The molecule has 0 aliphatic rings. The molecular weight excluding hydrogens is 297 g/mol. The summed E-state index contributed by atoms with van der Waals surface area (Å²) in [6.45, 7) is 0. The van der Waals surface area contributed by atoms with E-state index in [1.165, 1.54) is 26.2 Å². The number of sulfonamides is 1. The van der Waals surface area contributed by atoms with Crippen molar-refractivity contribution < 1.29 is 8.42 Å². The highest BCUT2D eigenvalue weighted by Crippen LogP contribution is 2.25. The molecule has 0 saturated heterocycles. The zero-order chi connectivity index (χ0) is 13.5. The molecule has 0 amide bonds. The van der Waals surface area contributed by atoms with E-state index in [1.54, 1.807) is 6.07 Å². The average molecular weight is 306 g/mol. The SMILES string of the molecule is CN(C)S(=O)(=O)c1ccc2nc(Cl)nc(Cl)c2c1. The normalized spacial score (nSPS) is 12.3. The molecule has 0 aliphatic carbocycles. The van der Waals surface area contributed by atoms with Gasteiger partial charge in [0, 0.05) is 19.5 Å². The van der Waals surface area contributed by atoms with Crippen LogP contribution < -0.4 is 0 Å². The lowest BCUT2D eigenvalue weighted by molar-refractivity contribution is 0.521. The third-order valence-electron chi connectivity index (χ3n) is 2.37. The Morgan fingerprint density at radius 2 is 1.83 bits per heavy atom. The predicted octanol–water partition coefficient (Wildman–Crippen LogP) is 2.19. The minimum atomic E-state index is -3.51. The molecule has 1 aromatic carbocycles. The van der Waals surface area contributed by atoms with Crippen LogP contribution in [-0.2, 0) is 10.0 Å². The van der Waals surface area contributed by atoms with Gasteiger partial charge in [-0.2, -0.15) is 0 Å². The van der Waals surface area contributed by atoms with E-state index in [0.29, 0.717) is 10.9 Å². The second-order valence-electron chi connectivity index (χ2n) is 3.75. The summed E-state index contributed by atoms with van der Waals surface area (Å²) >= 11 is 11.6. The van der Waals surface area contributed by atoms with Gasteiger partial charge in [-0.15, -0.1) is 0 Å². The van der Waals surface area contributed by atoms with E-state index in [0.717, 1.165) is 4.31 Å². The predicted molar refractivity (Wildman–Crippen MR) is 70.4 cm³/mol. The highest BCUT2D eigenvalue weighted by molar-refractivity contribution is 7.89. The second-order valence-corrected chi connectivity index (χ2v) is 6.60. The first-order chi connectivity index (χ1) is 8.32. The van der Waals surface area contributed by atoms with Gasteiger partial charge in [0.15, 0.2) is 0 Å². The molecule has 2 rings (SSSR count). The van der Waals surface area contributed by atoms with Gasteiger partial charge in [0.1, 0.15) is 5.15 Å². The average Bonchev–Trinajstić information content (AvgIpc) is 2.27. The molecule has 0 N–H and O–H groups in total. The number of aromatic nitrogens is 2. The van der Waals surface area contributed by atoms with Crippen molar-refractivity contribution in [3.63, 3.8) is 0 Å². The van der Waals surface area contributed by atoms with Gasteiger partial charge in [-0.3, -0.25) is 0 Å². The largest absolute Gasteiger partial charge is 0.242 e.